The van der Waals surface area contributed by atoms with Crippen LogP contribution < -0.4 is 21.6 Å². The van der Waals surface area contributed by atoms with Gasteiger partial charge in [0.1, 0.15) is 39.3 Å². The quantitative estimate of drug-likeness (QED) is 0.201. The van der Waals surface area contributed by atoms with Gasteiger partial charge in [-0.3, -0.25) is 15.6 Å². The topological polar surface area (TPSA) is 119 Å². The van der Waals surface area contributed by atoms with Crippen LogP contribution in [0.2, 0.25) is 0 Å². The predicted octanol–water partition coefficient (Wildman–Crippen LogP) is 0.0950. The average molecular weight is 537 g/mol. The van der Waals surface area contributed by atoms with E-state index < -0.39 is 33.5 Å². The van der Waals surface area contributed by atoms with Crippen LogP contribution in [0.15, 0.2) is 36.7 Å². The highest BCUT2D eigenvalue weighted by Gasteiger charge is 2.44. The molecule has 8 nitrogen and oxygen atoms in total. The number of anilines is 2. The third kappa shape index (κ3) is 6.21. The zero-order valence-electron chi connectivity index (χ0n) is 22.1. The first kappa shape index (κ1) is 30.8. The fourth-order valence-electron chi connectivity index (χ4n) is 4.07. The number of nitrogen functional groups attached to an aromatic ring is 1. The number of carbonyl (C=O) groups excluding carboxylic acids is 1. The molecule has 5 N–H and O–H groups in total. The largest absolute Gasteiger partial charge is 0.501 e. The second-order valence-corrected chi connectivity index (χ2v) is 10.0. The molecule has 1 fully saturated rings. The third-order valence-corrected chi connectivity index (χ3v) is 6.71. The van der Waals surface area contributed by atoms with Crippen molar-refractivity contribution in [3.8, 4) is 17.0 Å². The molecule has 1 heterocycles. The summed E-state index contributed by atoms with van der Waals surface area (Å²) in [4.78, 5) is 20.9. The van der Waals surface area contributed by atoms with Gasteiger partial charge < -0.3 is 15.8 Å². The summed E-state index contributed by atoms with van der Waals surface area (Å²) < 4.78 is 35.3. The van der Waals surface area contributed by atoms with E-state index in [9.17, 15) is 13.6 Å². The van der Waals surface area contributed by atoms with Crippen molar-refractivity contribution in [3.63, 3.8) is 0 Å². The van der Waals surface area contributed by atoms with E-state index in [4.69, 9.17) is 71.2 Å². The lowest BCUT2D eigenvalue weighted by molar-refractivity contribution is 0.102. The molecule has 1 aliphatic rings. The van der Waals surface area contributed by atoms with Gasteiger partial charge in [-0.05, 0) is 66.4 Å². The van der Waals surface area contributed by atoms with Crippen LogP contribution in [0.4, 0.5) is 20.3 Å². The molecule has 0 unspecified atom stereocenters. The maximum atomic E-state index is 14.9. The first-order valence-electron chi connectivity index (χ1n) is 12.2. The first-order chi connectivity index (χ1) is 18.9. The standard InChI is InChI=1S/C24H19B7F2N6O2/c1-10-15(7-13(32)8-17(10)38-21(40)14-5-4-12(6-16(14)33)11-2-3-11)18-19(20(34)37-9-36-18)41-23(27,28)22(25,26)39(35)24(29,30)31/h4-9,11H,2-3,35H2,1H3,(H,38,40)(H2,34,36,37). The van der Waals surface area contributed by atoms with Crippen molar-refractivity contribution in [2.75, 3.05) is 11.1 Å². The van der Waals surface area contributed by atoms with Crippen LogP contribution in [0, 0.1) is 18.6 Å². The number of nitrogens with one attached hydrogen (secondary N) is 1. The van der Waals surface area contributed by atoms with Gasteiger partial charge in [-0.15, -0.1) is 0 Å². The van der Waals surface area contributed by atoms with Gasteiger partial charge in [0.15, 0.2) is 11.6 Å². The van der Waals surface area contributed by atoms with Gasteiger partial charge >= 0.3 is 0 Å². The van der Waals surface area contributed by atoms with Crippen LogP contribution in [0.25, 0.3) is 11.3 Å². The van der Waals surface area contributed by atoms with E-state index in [0.717, 1.165) is 36.9 Å². The van der Waals surface area contributed by atoms with Crippen LogP contribution in [0.5, 0.6) is 5.75 Å². The molecule has 1 aliphatic carbocycles. The van der Waals surface area contributed by atoms with E-state index in [1.54, 1.807) is 13.0 Å². The number of hydrazine groups is 1. The summed E-state index contributed by atoms with van der Waals surface area (Å²) in [5.74, 6) is 3.08. The molecule has 0 saturated heterocycles. The summed E-state index contributed by atoms with van der Waals surface area (Å²) in [5, 5.41) is -4.54. The van der Waals surface area contributed by atoms with E-state index in [2.05, 4.69) is 15.3 Å². The Morgan fingerprint density at radius 3 is 2.32 bits per heavy atom. The minimum atomic E-state index is -2.61. The SMILES string of the molecule is [B]C([B])([B])N(N)C([B])([B])C([B])([B])Oc1c(N)ncnc1-c1cc(F)cc(NC(=O)c2ccc(C3CC3)cc2F)c1C. The summed E-state index contributed by atoms with van der Waals surface area (Å²) in [6.45, 7) is 1.54. The molecule has 41 heavy (non-hydrogen) atoms. The summed E-state index contributed by atoms with van der Waals surface area (Å²) in [6.07, 6.45) is 3.01. The van der Waals surface area contributed by atoms with Crippen LogP contribution in [-0.4, -0.2) is 91.8 Å². The third-order valence-electron chi connectivity index (χ3n) is 6.71. The molecule has 0 bridgehead atoms. The van der Waals surface area contributed by atoms with Crippen molar-refractivity contribution in [2.45, 2.75) is 41.7 Å². The number of halogens is 2. The Labute approximate surface area is 246 Å². The van der Waals surface area contributed by atoms with Crippen molar-refractivity contribution >= 4 is 72.3 Å². The number of aromatic nitrogens is 2. The number of carbonyl (C=O) groups is 1. The molecule has 2 aromatic carbocycles. The van der Waals surface area contributed by atoms with Gasteiger partial charge in [-0.2, -0.15) is 0 Å². The van der Waals surface area contributed by atoms with Crippen molar-refractivity contribution in [2.24, 2.45) is 5.84 Å². The second-order valence-electron chi connectivity index (χ2n) is 10.0. The van der Waals surface area contributed by atoms with Crippen molar-refractivity contribution in [1.82, 2.24) is 15.0 Å². The van der Waals surface area contributed by atoms with Crippen molar-refractivity contribution < 1.29 is 18.3 Å². The Bertz CT molecular complexity index is 1500. The maximum Gasteiger partial charge on any atom is 0.258 e. The van der Waals surface area contributed by atoms with Gasteiger partial charge in [0.25, 0.3) is 5.91 Å². The highest BCUT2D eigenvalue weighted by atomic mass is 19.1. The minimum Gasteiger partial charge on any atom is -0.501 e. The monoisotopic (exact) mass is 538 g/mol. The lowest BCUT2D eigenvalue weighted by Crippen LogP contribution is -2.76. The molecule has 1 amide bonds. The average Bonchev–Trinajstić information content (AvgIpc) is 3.71. The number of benzene rings is 2. The van der Waals surface area contributed by atoms with E-state index in [1.165, 1.54) is 12.1 Å². The van der Waals surface area contributed by atoms with E-state index in [-0.39, 0.29) is 39.6 Å². The minimum absolute atomic E-state index is 0.00451. The number of ether oxygens (including phenoxy) is 1. The number of hydrogen-bond donors (Lipinski definition) is 3. The highest BCUT2D eigenvalue weighted by Crippen LogP contribution is 2.41. The van der Waals surface area contributed by atoms with Gasteiger partial charge in [0.05, 0.1) is 44.8 Å². The van der Waals surface area contributed by atoms with Gasteiger partial charge in [-0.1, -0.05) is 11.3 Å². The highest BCUT2D eigenvalue weighted by molar-refractivity contribution is 6.61. The molecule has 4 rings (SSSR count). The van der Waals surface area contributed by atoms with Crippen LogP contribution in [-0.2, 0) is 0 Å². The Hall–Kier alpha value is -3.18. The lowest BCUT2D eigenvalue weighted by Gasteiger charge is -2.55. The number of hydrogen-bond acceptors (Lipinski definition) is 7. The number of nitrogens with two attached hydrogens (primary N) is 2. The second kappa shape index (κ2) is 10.9. The summed E-state index contributed by atoms with van der Waals surface area (Å²) in [6, 6.07) is 6.54. The zero-order chi connectivity index (χ0) is 30.5. The van der Waals surface area contributed by atoms with Crippen molar-refractivity contribution in [1.29, 1.82) is 0 Å². The van der Waals surface area contributed by atoms with Gasteiger partial charge in [0, 0.05) is 16.7 Å². The van der Waals surface area contributed by atoms with Crippen LogP contribution >= 0.6 is 0 Å². The smallest absolute Gasteiger partial charge is 0.258 e. The molecule has 0 spiro atoms. The Balaban J connectivity index is 1.71. The molecule has 17 heteroatoms. The predicted molar refractivity (Wildman–Crippen MR) is 158 cm³/mol. The molecule has 1 aromatic heterocycles. The molecular weight excluding hydrogens is 518 g/mol. The van der Waals surface area contributed by atoms with E-state index >= 15 is 0 Å². The Morgan fingerprint density at radius 2 is 1.73 bits per heavy atom. The first-order valence-corrected chi connectivity index (χ1v) is 12.2. The van der Waals surface area contributed by atoms with Crippen LogP contribution in [0.1, 0.15) is 40.2 Å². The summed E-state index contributed by atoms with van der Waals surface area (Å²) >= 11 is 0. The summed E-state index contributed by atoms with van der Waals surface area (Å²) in [5.41, 5.74) is 6.86. The normalized spacial score (nSPS) is 14.2. The van der Waals surface area contributed by atoms with Gasteiger partial charge in [0.2, 0.25) is 0 Å². The Kier molecular flexibility index (Phi) is 8.19. The molecule has 3 aromatic rings. The molecule has 14 radical (unpaired) electrons. The van der Waals surface area contributed by atoms with E-state index in [1.807, 2.05) is 0 Å². The number of nitrogens with zero attached hydrogens (tertiary/aromatic N) is 3. The fourth-order valence-corrected chi connectivity index (χ4v) is 4.07. The zero-order valence-corrected chi connectivity index (χ0v) is 22.1. The number of rotatable bonds is 9. The van der Waals surface area contributed by atoms with Crippen LogP contribution in [0.3, 0.4) is 0 Å². The molecule has 1 saturated carbocycles. The maximum absolute atomic E-state index is 14.9. The van der Waals surface area contributed by atoms with Crippen molar-refractivity contribution in [3.05, 3.63) is 65.0 Å². The number of amides is 1. The molecule has 192 valence electrons. The Morgan fingerprint density at radius 1 is 1.07 bits per heavy atom. The molecule has 0 aliphatic heterocycles. The molecular formula is C24H19B7F2N6O2. The molecule has 0 atom stereocenters. The summed E-state index contributed by atoms with van der Waals surface area (Å²) in [7, 11) is 40.7. The fraction of sp³-hybridized carbons (Fsp3) is 0.292. The van der Waals surface area contributed by atoms with Gasteiger partial charge in [-0.25, -0.2) is 18.7 Å². The van der Waals surface area contributed by atoms with E-state index in [0.29, 0.717) is 10.9 Å². The lowest BCUT2D eigenvalue weighted by atomic mass is 9.36.